The highest BCUT2D eigenvalue weighted by Crippen LogP contribution is 2.50. The lowest BCUT2D eigenvalue weighted by atomic mass is 9.88. The molecule has 6 nitrogen and oxygen atoms in total. The van der Waals surface area contributed by atoms with Crippen LogP contribution in [0.2, 0.25) is 0 Å². The Bertz CT molecular complexity index is 1910. The molecule has 0 aromatic heterocycles. The van der Waals surface area contributed by atoms with E-state index in [2.05, 4.69) is 0 Å². The Hall–Kier alpha value is -5.49. The Morgan fingerprint density at radius 2 is 1.23 bits per heavy atom. The van der Waals surface area contributed by atoms with Gasteiger partial charge in [-0.2, -0.15) is 0 Å². The van der Waals surface area contributed by atoms with Crippen molar-refractivity contribution < 1.29 is 19.1 Å². The summed E-state index contributed by atoms with van der Waals surface area (Å²) in [6, 6.07) is 38.8. The fraction of sp³-hybridized carbons (Fsp3) is 0.132. The van der Waals surface area contributed by atoms with Crippen molar-refractivity contribution in [2.75, 3.05) is 9.80 Å². The Balaban J connectivity index is 1.24. The van der Waals surface area contributed by atoms with Gasteiger partial charge >= 0.3 is 5.97 Å². The number of hydrogen-bond acceptors (Lipinski definition) is 5. The van der Waals surface area contributed by atoms with Crippen molar-refractivity contribution in [3.05, 3.63) is 150 Å². The van der Waals surface area contributed by atoms with Crippen molar-refractivity contribution in [1.82, 2.24) is 0 Å². The van der Waals surface area contributed by atoms with E-state index in [1.54, 1.807) is 6.07 Å². The van der Waals surface area contributed by atoms with E-state index in [0.717, 1.165) is 33.2 Å². The van der Waals surface area contributed by atoms with Gasteiger partial charge in [0.2, 0.25) is 11.8 Å². The maximum absolute atomic E-state index is 14.5. The first-order valence-electron chi connectivity index (χ1n) is 14.8. The molecular weight excluding hydrogens is 548 g/mol. The van der Waals surface area contributed by atoms with Gasteiger partial charge < -0.3 is 9.64 Å². The van der Waals surface area contributed by atoms with Crippen LogP contribution in [0.25, 0.3) is 16.8 Å². The fourth-order valence-electron chi connectivity index (χ4n) is 7.20. The molecule has 3 heterocycles. The number of para-hydroxylation sites is 1. The molecule has 3 aliphatic rings. The van der Waals surface area contributed by atoms with Crippen LogP contribution in [-0.2, 0) is 19.1 Å². The summed E-state index contributed by atoms with van der Waals surface area (Å²) in [6.07, 6.45) is 3.26. The van der Waals surface area contributed by atoms with E-state index in [-0.39, 0.29) is 11.8 Å². The number of carbonyl (C=O) groups excluding carboxylic acids is 3. The molecule has 0 N–H and O–H groups in total. The van der Waals surface area contributed by atoms with E-state index in [9.17, 15) is 14.4 Å². The van der Waals surface area contributed by atoms with Crippen LogP contribution in [0.5, 0.6) is 0 Å². The highest BCUT2D eigenvalue weighted by molar-refractivity contribution is 6.27. The number of nitrogens with zero attached hydrogens (tertiary/aromatic N) is 2. The van der Waals surface area contributed by atoms with Crippen molar-refractivity contribution in [2.45, 2.75) is 18.2 Å². The smallest absolute Gasteiger partial charge is 0.330 e. The lowest BCUT2D eigenvalue weighted by Gasteiger charge is -2.36. The van der Waals surface area contributed by atoms with E-state index in [1.165, 1.54) is 4.90 Å². The molecule has 5 aromatic rings. The van der Waals surface area contributed by atoms with Gasteiger partial charge in [-0.3, -0.25) is 9.59 Å². The Morgan fingerprint density at radius 1 is 0.636 bits per heavy atom. The summed E-state index contributed by atoms with van der Waals surface area (Å²) in [7, 11) is 0. The van der Waals surface area contributed by atoms with Gasteiger partial charge in [0.1, 0.15) is 6.04 Å². The molecule has 3 aliphatic heterocycles. The molecule has 2 fully saturated rings. The maximum Gasteiger partial charge on any atom is 0.330 e. The number of carbonyl (C=O) groups is 3. The van der Waals surface area contributed by atoms with Crippen molar-refractivity contribution >= 4 is 46.0 Å². The minimum atomic E-state index is -0.998. The minimum Gasteiger partial charge on any atom is -0.451 e. The molecule has 0 unspecified atom stereocenters. The highest BCUT2D eigenvalue weighted by atomic mass is 16.5. The molecule has 0 bridgehead atoms. The monoisotopic (exact) mass is 576 g/mol. The summed E-state index contributed by atoms with van der Waals surface area (Å²) < 4.78 is 6.39. The molecule has 0 radical (unpaired) electrons. The van der Waals surface area contributed by atoms with Gasteiger partial charge in [0.05, 0.1) is 23.6 Å². The normalized spacial score (nSPS) is 21.8. The van der Waals surface area contributed by atoms with Gasteiger partial charge in [0.25, 0.3) is 0 Å². The van der Waals surface area contributed by atoms with Crippen LogP contribution in [-0.4, -0.2) is 29.9 Å². The zero-order valence-electron chi connectivity index (χ0n) is 23.7. The quantitative estimate of drug-likeness (QED) is 0.175. The fourth-order valence-corrected chi connectivity index (χ4v) is 7.20. The summed E-state index contributed by atoms with van der Waals surface area (Å²) in [5.74, 6) is -2.87. The van der Waals surface area contributed by atoms with E-state index in [1.807, 2.05) is 138 Å². The Kier molecular flexibility index (Phi) is 6.15. The van der Waals surface area contributed by atoms with E-state index in [0.29, 0.717) is 5.69 Å². The van der Waals surface area contributed by atoms with Gasteiger partial charge in [-0.15, -0.1) is 0 Å². The molecule has 4 atom stereocenters. The average molecular weight is 577 g/mol. The third-order valence-electron chi connectivity index (χ3n) is 9.10. The summed E-state index contributed by atoms with van der Waals surface area (Å²) in [4.78, 5) is 46.6. The van der Waals surface area contributed by atoms with Gasteiger partial charge in [0, 0.05) is 11.1 Å². The second-order valence-electron chi connectivity index (χ2n) is 11.5. The van der Waals surface area contributed by atoms with E-state index in [4.69, 9.17) is 4.74 Å². The van der Waals surface area contributed by atoms with Crippen LogP contribution in [0, 0.1) is 11.8 Å². The predicted molar refractivity (Wildman–Crippen MR) is 170 cm³/mol. The number of imide groups is 1. The van der Waals surface area contributed by atoms with Gasteiger partial charge in [-0.05, 0) is 34.2 Å². The largest absolute Gasteiger partial charge is 0.451 e. The maximum atomic E-state index is 14.5. The molecule has 44 heavy (non-hydrogen) atoms. The molecule has 214 valence electrons. The standard InChI is InChI=1S/C38H28N2O4/c41-36-32-31-23-22-25-13-8-10-20-29(25)39(31)34(33(32)37(42)40(36)30-21-11-18-24-12-7-9-19-28(24)30)38(43)44-35(26-14-3-1-4-15-26)27-16-5-2-6-17-27/h1-23,31-35H/t31-,32-,33+,34+/m1/s1. The van der Waals surface area contributed by atoms with Crippen LogP contribution in [0.3, 0.4) is 0 Å². The molecule has 6 heteroatoms. The molecule has 2 amide bonds. The van der Waals surface area contributed by atoms with Crippen LogP contribution in [0.15, 0.2) is 133 Å². The van der Waals surface area contributed by atoms with Crippen molar-refractivity contribution in [1.29, 1.82) is 0 Å². The van der Waals surface area contributed by atoms with E-state index >= 15 is 0 Å². The lowest BCUT2D eigenvalue weighted by Crippen LogP contribution is -2.49. The zero-order valence-corrected chi connectivity index (χ0v) is 23.7. The van der Waals surface area contributed by atoms with Gasteiger partial charge in [-0.25, -0.2) is 9.69 Å². The number of fused-ring (bicyclic) bond motifs is 6. The van der Waals surface area contributed by atoms with Crippen molar-refractivity contribution in [3.8, 4) is 0 Å². The second-order valence-corrected chi connectivity index (χ2v) is 11.5. The molecule has 2 saturated heterocycles. The van der Waals surface area contributed by atoms with Gasteiger partial charge in [0.15, 0.2) is 6.10 Å². The number of ether oxygens (including phenoxy) is 1. The summed E-state index contributed by atoms with van der Waals surface area (Å²) in [5.41, 5.74) is 3.92. The van der Waals surface area contributed by atoms with Crippen LogP contribution < -0.4 is 9.80 Å². The summed E-state index contributed by atoms with van der Waals surface area (Å²) >= 11 is 0. The number of hydrogen-bond donors (Lipinski definition) is 0. The van der Waals surface area contributed by atoms with Crippen LogP contribution in [0.4, 0.5) is 11.4 Å². The van der Waals surface area contributed by atoms with Crippen molar-refractivity contribution in [3.63, 3.8) is 0 Å². The molecule has 5 aromatic carbocycles. The average Bonchev–Trinajstić information content (AvgIpc) is 3.56. The topological polar surface area (TPSA) is 66.9 Å². The first kappa shape index (κ1) is 26.2. The third-order valence-corrected chi connectivity index (χ3v) is 9.10. The SMILES string of the molecule is O=C(OC(c1ccccc1)c1ccccc1)[C@@H]1[C@H]2C(=O)N(c3cccc4ccccc34)C(=O)[C@@H]2[C@H]2C=Cc3ccccc3N21. The second kappa shape index (κ2) is 10.3. The number of amides is 2. The number of benzene rings is 5. The molecular formula is C38H28N2O4. The lowest BCUT2D eigenvalue weighted by molar-refractivity contribution is -0.151. The minimum absolute atomic E-state index is 0.298. The molecule has 0 spiro atoms. The first-order chi connectivity index (χ1) is 21.6. The van der Waals surface area contributed by atoms with E-state index < -0.39 is 36.0 Å². The number of esters is 1. The summed E-state index contributed by atoms with van der Waals surface area (Å²) in [6.45, 7) is 0. The number of rotatable bonds is 5. The highest BCUT2D eigenvalue weighted by Gasteiger charge is 2.65. The molecule has 8 rings (SSSR count). The molecule has 0 saturated carbocycles. The Morgan fingerprint density at radius 3 is 1.98 bits per heavy atom. The zero-order chi connectivity index (χ0) is 29.8. The van der Waals surface area contributed by atoms with Crippen LogP contribution >= 0.6 is 0 Å². The van der Waals surface area contributed by atoms with Crippen molar-refractivity contribution in [2.24, 2.45) is 11.8 Å². The van der Waals surface area contributed by atoms with Gasteiger partial charge in [-0.1, -0.05) is 127 Å². The molecule has 0 aliphatic carbocycles. The third kappa shape index (κ3) is 3.98. The predicted octanol–water partition coefficient (Wildman–Crippen LogP) is 6.56. The first-order valence-corrected chi connectivity index (χ1v) is 14.8. The van der Waals surface area contributed by atoms with Crippen LogP contribution in [0.1, 0.15) is 22.8 Å². The summed E-state index contributed by atoms with van der Waals surface area (Å²) in [5, 5.41) is 1.74. The Labute approximate surface area is 254 Å². The number of anilines is 2.